The molecule has 3 heterocycles. The molecule has 0 radical (unpaired) electrons. The minimum Gasteiger partial charge on any atom is -0.393 e. The molecular formula is C32H37N5O2S. The van der Waals surface area contributed by atoms with Crippen molar-refractivity contribution in [2.75, 3.05) is 5.75 Å². The molecule has 7 unspecified atom stereocenters. The number of aliphatic hydroxyl groups excluding tert-OH is 1. The molecular weight excluding hydrogens is 518 g/mol. The number of aliphatic hydroxyl groups is 1. The molecule has 7 rings (SSSR count). The number of thioether (sulfide) groups is 1. The number of allylic oxidation sites excluding steroid dienone is 1. The lowest BCUT2D eigenvalue weighted by atomic mass is 9.46. The Morgan fingerprint density at radius 3 is 2.83 bits per heavy atom. The second-order valence-electron chi connectivity index (χ2n) is 12.9. The van der Waals surface area contributed by atoms with Gasteiger partial charge in [0, 0.05) is 24.0 Å². The largest absolute Gasteiger partial charge is 0.393 e. The van der Waals surface area contributed by atoms with Crippen molar-refractivity contribution in [2.24, 2.45) is 34.5 Å². The zero-order chi connectivity index (χ0) is 27.6. The van der Waals surface area contributed by atoms with Gasteiger partial charge in [0.15, 0.2) is 11.0 Å². The van der Waals surface area contributed by atoms with Crippen LogP contribution in [0.5, 0.6) is 0 Å². The van der Waals surface area contributed by atoms with E-state index in [0.29, 0.717) is 29.2 Å². The van der Waals surface area contributed by atoms with Gasteiger partial charge in [0.05, 0.1) is 23.7 Å². The molecule has 40 heavy (non-hydrogen) atoms. The third-order valence-electron chi connectivity index (χ3n) is 10.8. The SMILES string of the molecule is Cc1ccnc(SCC(=O)C2CCC3C4CCC5=Cc6c(cnn6-c6ccccn6)CC5(C)C4C(O)CC23C)n1. The third-order valence-corrected chi connectivity index (χ3v) is 11.7. The molecule has 3 aromatic heterocycles. The number of nitrogens with zero attached hydrogens (tertiary/aromatic N) is 5. The molecule has 0 amide bonds. The summed E-state index contributed by atoms with van der Waals surface area (Å²) in [6.45, 7) is 6.61. The Kier molecular flexibility index (Phi) is 6.27. The van der Waals surface area contributed by atoms with E-state index in [1.807, 2.05) is 42.1 Å². The van der Waals surface area contributed by atoms with Crippen LogP contribution in [0.25, 0.3) is 11.9 Å². The van der Waals surface area contributed by atoms with E-state index in [-0.39, 0.29) is 28.4 Å². The highest BCUT2D eigenvalue weighted by molar-refractivity contribution is 7.99. The number of hydrogen-bond donors (Lipinski definition) is 1. The van der Waals surface area contributed by atoms with Gasteiger partial charge in [-0.2, -0.15) is 5.10 Å². The van der Waals surface area contributed by atoms with E-state index >= 15 is 0 Å². The predicted molar refractivity (Wildman–Crippen MR) is 155 cm³/mol. The van der Waals surface area contributed by atoms with E-state index in [2.05, 4.69) is 34.9 Å². The topological polar surface area (TPSA) is 93.8 Å². The number of hydrogen-bond acceptors (Lipinski definition) is 7. The molecule has 0 spiro atoms. The summed E-state index contributed by atoms with van der Waals surface area (Å²) in [5.41, 5.74) is 4.44. The van der Waals surface area contributed by atoms with Crippen molar-refractivity contribution in [1.82, 2.24) is 24.7 Å². The number of aryl methyl sites for hydroxylation is 1. The summed E-state index contributed by atoms with van der Waals surface area (Å²) in [6.07, 6.45) is 13.1. The summed E-state index contributed by atoms with van der Waals surface area (Å²) < 4.78 is 1.95. The number of fused-ring (bicyclic) bond motifs is 6. The molecule has 4 aliphatic carbocycles. The number of Topliss-reactive ketones (excluding diaryl/α,β-unsaturated/α-hetero) is 1. The second-order valence-corrected chi connectivity index (χ2v) is 13.8. The van der Waals surface area contributed by atoms with Crippen molar-refractivity contribution in [2.45, 2.75) is 70.6 Å². The highest BCUT2D eigenvalue weighted by atomic mass is 32.2. The van der Waals surface area contributed by atoms with Crippen LogP contribution < -0.4 is 0 Å². The maximum atomic E-state index is 13.6. The first-order valence-electron chi connectivity index (χ1n) is 14.6. The maximum Gasteiger partial charge on any atom is 0.188 e. The third kappa shape index (κ3) is 4.01. The molecule has 208 valence electrons. The Balaban J connectivity index is 1.13. The van der Waals surface area contributed by atoms with Gasteiger partial charge in [-0.3, -0.25) is 4.79 Å². The van der Waals surface area contributed by atoms with Crippen molar-refractivity contribution in [3.05, 3.63) is 65.4 Å². The van der Waals surface area contributed by atoms with Crippen LogP contribution in [0.15, 0.2) is 53.6 Å². The highest BCUT2D eigenvalue weighted by Crippen LogP contribution is 2.66. The Bertz CT molecular complexity index is 1490. The van der Waals surface area contributed by atoms with Crippen LogP contribution in [0, 0.1) is 41.4 Å². The molecule has 0 saturated heterocycles. The van der Waals surface area contributed by atoms with Gasteiger partial charge in [0.25, 0.3) is 0 Å². The first-order valence-corrected chi connectivity index (χ1v) is 15.6. The van der Waals surface area contributed by atoms with E-state index in [1.165, 1.54) is 22.9 Å². The van der Waals surface area contributed by atoms with Crippen LogP contribution in [-0.4, -0.2) is 47.5 Å². The van der Waals surface area contributed by atoms with Crippen LogP contribution in [0.1, 0.15) is 62.9 Å². The molecule has 0 aliphatic heterocycles. The van der Waals surface area contributed by atoms with E-state index in [0.717, 1.165) is 49.3 Å². The Hall–Kier alpha value is -2.84. The zero-order valence-electron chi connectivity index (χ0n) is 23.5. The standard InChI is InChI=1S/C32H37N5O2S/c1-19-11-13-34-30(36-19)40-18-27(39)24-10-9-23-22-8-7-21-14-25-20(17-35-37(25)28-6-4-5-12-33-28)15-31(21,2)29(22)26(38)16-32(23,24)3/h4-6,11-14,17,22-24,26,29,38H,7-10,15-16,18H2,1-3H3. The van der Waals surface area contributed by atoms with Crippen LogP contribution in [0.4, 0.5) is 0 Å². The van der Waals surface area contributed by atoms with Crippen LogP contribution in [0.3, 0.4) is 0 Å². The Morgan fingerprint density at radius 2 is 2.02 bits per heavy atom. The van der Waals surface area contributed by atoms with Gasteiger partial charge in [-0.25, -0.2) is 19.6 Å². The molecule has 0 bridgehead atoms. The lowest BCUT2D eigenvalue weighted by molar-refractivity contribution is -0.140. The summed E-state index contributed by atoms with van der Waals surface area (Å²) in [5, 5.41) is 17.3. The smallest absolute Gasteiger partial charge is 0.188 e. The van der Waals surface area contributed by atoms with Gasteiger partial charge < -0.3 is 5.11 Å². The average molecular weight is 556 g/mol. The number of carbonyl (C=O) groups excluding carboxylic acids is 1. The van der Waals surface area contributed by atoms with E-state index < -0.39 is 6.10 Å². The summed E-state index contributed by atoms with van der Waals surface area (Å²) in [6, 6.07) is 7.78. The fourth-order valence-electron chi connectivity index (χ4n) is 9.11. The minimum absolute atomic E-state index is 0.00952. The van der Waals surface area contributed by atoms with Gasteiger partial charge in [-0.05, 0) is 104 Å². The lowest BCUT2D eigenvalue weighted by Gasteiger charge is -2.59. The quantitative estimate of drug-likeness (QED) is 0.328. The fourth-order valence-corrected chi connectivity index (χ4v) is 9.92. The van der Waals surface area contributed by atoms with Crippen molar-refractivity contribution in [1.29, 1.82) is 0 Å². The molecule has 8 heteroatoms. The molecule has 1 N–H and O–H groups in total. The van der Waals surface area contributed by atoms with Crippen molar-refractivity contribution < 1.29 is 9.90 Å². The van der Waals surface area contributed by atoms with Gasteiger partial charge in [-0.15, -0.1) is 0 Å². The van der Waals surface area contributed by atoms with Crippen molar-refractivity contribution >= 4 is 23.6 Å². The molecule has 0 aromatic carbocycles. The zero-order valence-corrected chi connectivity index (χ0v) is 24.3. The van der Waals surface area contributed by atoms with E-state index in [9.17, 15) is 9.90 Å². The van der Waals surface area contributed by atoms with Crippen LogP contribution >= 0.6 is 11.8 Å². The molecule has 3 saturated carbocycles. The van der Waals surface area contributed by atoms with Gasteiger partial charge in [-0.1, -0.05) is 37.2 Å². The Labute approximate surface area is 239 Å². The van der Waals surface area contributed by atoms with E-state index in [1.54, 1.807) is 12.4 Å². The maximum absolute atomic E-state index is 13.6. The average Bonchev–Trinajstić information content (AvgIpc) is 3.50. The van der Waals surface area contributed by atoms with Crippen molar-refractivity contribution in [3.8, 4) is 5.82 Å². The van der Waals surface area contributed by atoms with Gasteiger partial charge >= 0.3 is 0 Å². The number of ketones is 1. The molecule has 4 aliphatic rings. The van der Waals surface area contributed by atoms with Gasteiger partial charge in [0.2, 0.25) is 0 Å². The summed E-state index contributed by atoms with van der Waals surface area (Å²) in [7, 11) is 0. The second kappa shape index (κ2) is 9.62. The lowest BCUT2D eigenvalue weighted by Crippen LogP contribution is -2.57. The fraction of sp³-hybridized carbons (Fsp3) is 0.531. The summed E-state index contributed by atoms with van der Waals surface area (Å²) >= 11 is 1.45. The molecule has 7 nitrogen and oxygen atoms in total. The van der Waals surface area contributed by atoms with Crippen molar-refractivity contribution in [3.63, 3.8) is 0 Å². The first-order chi connectivity index (χ1) is 19.3. The first kappa shape index (κ1) is 26.1. The summed E-state index contributed by atoms with van der Waals surface area (Å²) in [5.74, 6) is 2.59. The summed E-state index contributed by atoms with van der Waals surface area (Å²) in [4.78, 5) is 26.9. The normalized spacial score (nSPS) is 34.3. The monoisotopic (exact) mass is 555 g/mol. The molecule has 3 fully saturated rings. The Morgan fingerprint density at radius 1 is 1.15 bits per heavy atom. The number of rotatable bonds is 5. The predicted octanol–water partition coefficient (Wildman–Crippen LogP) is 5.50. The van der Waals surface area contributed by atoms with Crippen LogP contribution in [-0.2, 0) is 11.2 Å². The minimum atomic E-state index is -0.423. The van der Waals surface area contributed by atoms with Gasteiger partial charge in [0.1, 0.15) is 5.78 Å². The molecule has 3 aromatic rings. The number of carbonyl (C=O) groups is 1. The highest BCUT2D eigenvalue weighted by Gasteiger charge is 2.63. The number of pyridine rings is 1. The van der Waals surface area contributed by atoms with Crippen LogP contribution in [0.2, 0.25) is 0 Å². The number of aromatic nitrogens is 5. The molecule has 7 atom stereocenters. The van der Waals surface area contributed by atoms with E-state index in [4.69, 9.17) is 5.10 Å².